The van der Waals surface area contributed by atoms with Crippen molar-refractivity contribution in [3.63, 3.8) is 0 Å². The van der Waals surface area contributed by atoms with Crippen molar-refractivity contribution in [1.29, 1.82) is 0 Å². The Kier molecular flexibility index (Phi) is 7.68. The molecule has 1 saturated heterocycles. The van der Waals surface area contributed by atoms with Gasteiger partial charge in [0.1, 0.15) is 5.82 Å². The highest BCUT2D eigenvalue weighted by Gasteiger charge is 2.38. The Labute approximate surface area is 198 Å². The van der Waals surface area contributed by atoms with Crippen LogP contribution in [0.15, 0.2) is 53.4 Å². The van der Waals surface area contributed by atoms with Gasteiger partial charge in [0.2, 0.25) is 5.91 Å². The Bertz CT molecular complexity index is 1020. The van der Waals surface area contributed by atoms with Crippen molar-refractivity contribution in [2.75, 3.05) is 13.1 Å². The Morgan fingerprint density at radius 2 is 1.97 bits per heavy atom. The summed E-state index contributed by atoms with van der Waals surface area (Å²) in [5, 5.41) is 4.79. The number of hydrogen-bond donors (Lipinski definition) is 2. The molecule has 1 aromatic carbocycles. The molecule has 1 fully saturated rings. The maximum absolute atomic E-state index is 13.1. The molecule has 1 aliphatic heterocycles. The fourth-order valence-electron chi connectivity index (χ4n) is 4.04. The molecule has 168 valence electrons. The molecule has 0 spiro atoms. The normalized spacial score (nSPS) is 16.7. The molecule has 0 saturated carbocycles. The number of amides is 1. The maximum atomic E-state index is 13.1. The van der Waals surface area contributed by atoms with Crippen LogP contribution >= 0.6 is 23.6 Å². The Morgan fingerprint density at radius 1 is 1.16 bits per heavy atom. The van der Waals surface area contributed by atoms with Crippen LogP contribution < -0.4 is 5.73 Å². The third kappa shape index (κ3) is 5.26. The topological polar surface area (TPSA) is 78.2 Å². The van der Waals surface area contributed by atoms with Gasteiger partial charge < -0.3 is 15.6 Å². The van der Waals surface area contributed by atoms with Crippen molar-refractivity contribution >= 4 is 34.6 Å². The van der Waals surface area contributed by atoms with Crippen LogP contribution in [-0.2, 0) is 11.3 Å². The molecule has 3 heterocycles. The van der Waals surface area contributed by atoms with E-state index in [1.807, 2.05) is 36.5 Å². The van der Waals surface area contributed by atoms with Gasteiger partial charge in [0.25, 0.3) is 0 Å². The van der Waals surface area contributed by atoms with Crippen LogP contribution in [0.25, 0.3) is 11.3 Å². The van der Waals surface area contributed by atoms with Crippen LogP contribution in [0.1, 0.15) is 49.5 Å². The number of imidazole rings is 1. The number of unbranched alkanes of at least 4 members (excludes halogenated alkanes) is 3. The lowest BCUT2D eigenvalue weighted by atomic mass is 10.1. The van der Waals surface area contributed by atoms with E-state index in [0.29, 0.717) is 31.2 Å². The van der Waals surface area contributed by atoms with Crippen molar-refractivity contribution in [3.05, 3.63) is 64.7 Å². The number of carbonyl (C=O) groups excluding carboxylic acids is 1. The van der Waals surface area contributed by atoms with Gasteiger partial charge in [0.05, 0.1) is 24.4 Å². The molecule has 2 aromatic heterocycles. The fourth-order valence-corrected chi connectivity index (χ4v) is 5.09. The van der Waals surface area contributed by atoms with Crippen molar-refractivity contribution < 1.29 is 4.79 Å². The van der Waals surface area contributed by atoms with Crippen molar-refractivity contribution in [3.8, 4) is 11.3 Å². The number of nitrogens with two attached hydrogens (primary N) is 1. The molecule has 0 radical (unpaired) electrons. The number of H-pyrrole nitrogens is 1. The smallest absolute Gasteiger partial charge is 0.231 e. The van der Waals surface area contributed by atoms with Crippen molar-refractivity contribution in [2.24, 2.45) is 5.73 Å². The summed E-state index contributed by atoms with van der Waals surface area (Å²) in [5.41, 5.74) is 8.79. The van der Waals surface area contributed by atoms with Crippen molar-refractivity contribution in [2.45, 2.75) is 44.7 Å². The number of rotatable bonds is 10. The zero-order chi connectivity index (χ0) is 22.3. The summed E-state index contributed by atoms with van der Waals surface area (Å²) in [6.07, 6.45) is 6.28. The van der Waals surface area contributed by atoms with Crippen LogP contribution in [0.3, 0.4) is 0 Å². The van der Waals surface area contributed by atoms with E-state index in [9.17, 15) is 4.79 Å². The number of aromatic amines is 1. The molecule has 1 aliphatic rings. The van der Waals surface area contributed by atoms with Gasteiger partial charge in [-0.2, -0.15) is 11.3 Å². The third-order valence-electron chi connectivity index (χ3n) is 5.79. The van der Waals surface area contributed by atoms with E-state index in [-0.39, 0.29) is 11.9 Å². The fraction of sp³-hybridized carbons (Fsp3) is 0.375. The Morgan fingerprint density at radius 3 is 2.72 bits per heavy atom. The summed E-state index contributed by atoms with van der Waals surface area (Å²) in [6.45, 7) is 2.03. The van der Waals surface area contributed by atoms with Gasteiger partial charge >= 0.3 is 0 Å². The number of aromatic nitrogens is 2. The second kappa shape index (κ2) is 10.8. The third-order valence-corrected chi connectivity index (χ3v) is 6.97. The zero-order valence-electron chi connectivity index (χ0n) is 18.1. The van der Waals surface area contributed by atoms with E-state index >= 15 is 0 Å². The first-order valence-corrected chi connectivity index (χ1v) is 12.4. The first-order chi connectivity index (χ1) is 15.7. The standard InChI is InChI=1S/C24H29N5OS2/c25-11-6-1-2-7-12-28-22(30)14-21(29(24(28)31)16-18-10-13-32-17-18)23-26-15-20(27-23)19-8-4-3-5-9-19/h3-5,8-10,13,15,17,21H,1-2,6-7,11-12,14,16,25H2,(H,26,27). The van der Waals surface area contributed by atoms with E-state index < -0.39 is 0 Å². The molecule has 32 heavy (non-hydrogen) atoms. The van der Waals surface area contributed by atoms with Gasteiger partial charge in [-0.1, -0.05) is 43.2 Å². The second-order valence-corrected chi connectivity index (χ2v) is 9.20. The minimum Gasteiger partial charge on any atom is -0.340 e. The summed E-state index contributed by atoms with van der Waals surface area (Å²) in [7, 11) is 0. The van der Waals surface area contributed by atoms with Gasteiger partial charge in [0.15, 0.2) is 5.11 Å². The van der Waals surface area contributed by atoms with Gasteiger partial charge in [-0.3, -0.25) is 9.69 Å². The molecule has 6 nitrogen and oxygen atoms in total. The second-order valence-electron chi connectivity index (χ2n) is 8.06. The molecule has 0 aliphatic carbocycles. The average molecular weight is 468 g/mol. The molecule has 1 atom stereocenters. The van der Waals surface area contributed by atoms with E-state index in [2.05, 4.69) is 31.7 Å². The van der Waals surface area contributed by atoms with Crippen LogP contribution in [0.5, 0.6) is 0 Å². The molecule has 1 amide bonds. The first-order valence-electron chi connectivity index (χ1n) is 11.1. The quantitative estimate of drug-likeness (QED) is 0.333. The lowest BCUT2D eigenvalue weighted by Crippen LogP contribution is -2.53. The largest absolute Gasteiger partial charge is 0.340 e. The predicted octanol–water partition coefficient (Wildman–Crippen LogP) is 4.72. The van der Waals surface area contributed by atoms with Crippen LogP contribution in [0.4, 0.5) is 0 Å². The highest BCUT2D eigenvalue weighted by Crippen LogP contribution is 2.32. The molecule has 8 heteroatoms. The lowest BCUT2D eigenvalue weighted by Gasteiger charge is -2.42. The summed E-state index contributed by atoms with van der Waals surface area (Å²) >= 11 is 7.52. The molecular formula is C24H29N5OS2. The summed E-state index contributed by atoms with van der Waals surface area (Å²) in [5.74, 6) is 0.843. The van der Waals surface area contributed by atoms with E-state index in [0.717, 1.165) is 42.8 Å². The van der Waals surface area contributed by atoms with Gasteiger partial charge in [-0.25, -0.2) is 4.98 Å². The number of hydrogen-bond acceptors (Lipinski definition) is 5. The van der Waals surface area contributed by atoms with Gasteiger partial charge in [-0.05, 0) is 59.6 Å². The SMILES string of the molecule is NCCCCCCN1C(=O)CC(c2ncc(-c3ccccc3)[nH]2)N(Cc2ccsc2)C1=S. The highest BCUT2D eigenvalue weighted by molar-refractivity contribution is 7.80. The van der Waals surface area contributed by atoms with E-state index in [1.165, 1.54) is 5.56 Å². The van der Waals surface area contributed by atoms with Crippen LogP contribution in [0, 0.1) is 0 Å². The number of thiophene rings is 1. The Balaban J connectivity index is 1.54. The van der Waals surface area contributed by atoms with Gasteiger partial charge in [0, 0.05) is 13.1 Å². The van der Waals surface area contributed by atoms with Crippen LogP contribution in [-0.4, -0.2) is 43.9 Å². The van der Waals surface area contributed by atoms with Crippen LogP contribution in [0.2, 0.25) is 0 Å². The maximum Gasteiger partial charge on any atom is 0.231 e. The number of benzene rings is 1. The van der Waals surface area contributed by atoms with E-state index in [1.54, 1.807) is 16.2 Å². The molecular weight excluding hydrogens is 438 g/mol. The Hall–Kier alpha value is -2.55. The lowest BCUT2D eigenvalue weighted by molar-refractivity contribution is -0.131. The predicted molar refractivity (Wildman–Crippen MR) is 133 cm³/mol. The average Bonchev–Trinajstić information content (AvgIpc) is 3.50. The monoisotopic (exact) mass is 467 g/mol. The number of nitrogens with one attached hydrogen (secondary N) is 1. The molecule has 0 bridgehead atoms. The number of thiocarbonyl (C=S) groups is 1. The molecule has 3 aromatic rings. The number of nitrogens with zero attached hydrogens (tertiary/aromatic N) is 3. The summed E-state index contributed by atoms with van der Waals surface area (Å²) in [6, 6.07) is 12.0. The number of carbonyl (C=O) groups is 1. The van der Waals surface area contributed by atoms with Gasteiger partial charge in [-0.15, -0.1) is 0 Å². The van der Waals surface area contributed by atoms with Crippen molar-refractivity contribution in [1.82, 2.24) is 19.8 Å². The summed E-state index contributed by atoms with van der Waals surface area (Å²) in [4.78, 5) is 25.1. The minimum atomic E-state index is -0.208. The zero-order valence-corrected chi connectivity index (χ0v) is 19.7. The molecule has 3 N–H and O–H groups in total. The highest BCUT2D eigenvalue weighted by atomic mass is 32.1. The molecule has 4 rings (SSSR count). The first kappa shape index (κ1) is 22.6. The minimum absolute atomic E-state index is 0.0676. The van der Waals surface area contributed by atoms with E-state index in [4.69, 9.17) is 18.0 Å². The summed E-state index contributed by atoms with van der Waals surface area (Å²) < 4.78 is 0. The molecule has 1 unspecified atom stereocenters.